The van der Waals surface area contributed by atoms with E-state index in [2.05, 4.69) is 39.7 Å². The van der Waals surface area contributed by atoms with E-state index in [1.165, 1.54) is 4.90 Å². The minimum atomic E-state index is -1.20. The van der Waals surface area contributed by atoms with Gasteiger partial charge in [0.2, 0.25) is 0 Å². The highest BCUT2D eigenvalue weighted by Crippen LogP contribution is 2.44. The van der Waals surface area contributed by atoms with E-state index in [9.17, 15) is 9.59 Å². The van der Waals surface area contributed by atoms with Crippen LogP contribution in [0.4, 0.5) is 4.79 Å². The molecule has 148 valence electrons. The van der Waals surface area contributed by atoms with E-state index in [0.717, 1.165) is 22.3 Å². The molecule has 1 heterocycles. The number of fused-ring (bicyclic) bond motifs is 3. The number of nitrogens with zero attached hydrogens (tertiary/aromatic N) is 3. The summed E-state index contributed by atoms with van der Waals surface area (Å²) in [7, 11) is 0. The van der Waals surface area contributed by atoms with Gasteiger partial charge < -0.3 is 14.7 Å². The summed E-state index contributed by atoms with van der Waals surface area (Å²) in [5.41, 5.74) is 4.57. The summed E-state index contributed by atoms with van der Waals surface area (Å²) < 4.78 is 5.62. The summed E-state index contributed by atoms with van der Waals surface area (Å²) in [5, 5.41) is 18.9. The van der Waals surface area contributed by atoms with Crippen molar-refractivity contribution in [3.8, 4) is 11.1 Å². The number of hydrogen-bond acceptors (Lipinski definition) is 5. The maximum atomic E-state index is 12.7. The molecule has 1 aliphatic carbocycles. The van der Waals surface area contributed by atoms with Gasteiger partial charge in [-0.1, -0.05) is 48.5 Å². The van der Waals surface area contributed by atoms with Crippen molar-refractivity contribution in [1.82, 2.24) is 20.3 Å². The van der Waals surface area contributed by atoms with E-state index in [0.29, 0.717) is 6.54 Å². The van der Waals surface area contributed by atoms with Gasteiger partial charge in [0.05, 0.1) is 6.54 Å². The summed E-state index contributed by atoms with van der Waals surface area (Å²) in [5.74, 6) is -1.23. The van der Waals surface area contributed by atoms with Crippen molar-refractivity contribution in [1.29, 1.82) is 0 Å². The maximum absolute atomic E-state index is 12.7. The van der Waals surface area contributed by atoms with Crippen molar-refractivity contribution in [3.63, 3.8) is 0 Å². The summed E-state index contributed by atoms with van der Waals surface area (Å²) in [6.07, 6.45) is -0.520. The van der Waals surface area contributed by atoms with Gasteiger partial charge in [-0.05, 0) is 29.2 Å². The molecule has 8 nitrogen and oxygen atoms in total. The van der Waals surface area contributed by atoms with E-state index in [4.69, 9.17) is 9.84 Å². The predicted octanol–water partition coefficient (Wildman–Crippen LogP) is 3.27. The largest absolute Gasteiger partial charge is 0.476 e. The highest BCUT2D eigenvalue weighted by Gasteiger charge is 2.30. The molecule has 1 amide bonds. The number of carboxylic acid groups (broad SMARTS) is 1. The molecule has 1 aromatic heterocycles. The van der Waals surface area contributed by atoms with Crippen LogP contribution in [0.5, 0.6) is 0 Å². The van der Waals surface area contributed by atoms with Crippen LogP contribution in [-0.2, 0) is 11.3 Å². The van der Waals surface area contributed by atoms with Crippen molar-refractivity contribution in [2.24, 2.45) is 0 Å². The second-order valence-electron chi connectivity index (χ2n) is 6.74. The number of aromatic carboxylic acids is 1. The van der Waals surface area contributed by atoms with Gasteiger partial charge in [0, 0.05) is 12.5 Å². The Morgan fingerprint density at radius 1 is 1.07 bits per heavy atom. The van der Waals surface area contributed by atoms with E-state index >= 15 is 0 Å². The average Bonchev–Trinajstić information content (AvgIpc) is 3.33. The van der Waals surface area contributed by atoms with Gasteiger partial charge >= 0.3 is 12.1 Å². The molecule has 2 N–H and O–H groups in total. The van der Waals surface area contributed by atoms with Gasteiger partial charge in [0.25, 0.3) is 0 Å². The monoisotopic (exact) mass is 392 g/mol. The molecule has 0 radical (unpaired) electrons. The number of rotatable bonds is 6. The van der Waals surface area contributed by atoms with Gasteiger partial charge in [0.15, 0.2) is 5.69 Å². The van der Waals surface area contributed by atoms with E-state index in [-0.39, 0.29) is 30.5 Å². The van der Waals surface area contributed by atoms with E-state index in [1.54, 1.807) is 6.92 Å². The second-order valence-corrected chi connectivity index (χ2v) is 6.74. The van der Waals surface area contributed by atoms with Crippen LogP contribution in [0.2, 0.25) is 0 Å². The molecule has 0 fully saturated rings. The number of benzene rings is 2. The number of carbonyl (C=O) groups excluding carboxylic acids is 1. The molecule has 1 aliphatic rings. The lowest BCUT2D eigenvalue weighted by molar-refractivity contribution is 0.0684. The number of H-pyrrole nitrogens is 1. The second kappa shape index (κ2) is 7.75. The molecule has 0 bridgehead atoms. The Morgan fingerprint density at radius 2 is 1.69 bits per heavy atom. The molecule has 0 unspecified atom stereocenters. The average molecular weight is 392 g/mol. The first kappa shape index (κ1) is 18.7. The van der Waals surface area contributed by atoms with Gasteiger partial charge in [-0.25, -0.2) is 9.59 Å². The highest BCUT2D eigenvalue weighted by atomic mass is 16.6. The Hall–Kier alpha value is -3.68. The number of carbonyl (C=O) groups is 2. The van der Waals surface area contributed by atoms with E-state index in [1.807, 2.05) is 24.3 Å². The topological polar surface area (TPSA) is 108 Å². The minimum Gasteiger partial charge on any atom is -0.476 e. The molecular formula is C21H20N4O4. The van der Waals surface area contributed by atoms with E-state index < -0.39 is 12.1 Å². The summed E-state index contributed by atoms with van der Waals surface area (Å²) >= 11 is 0. The zero-order valence-corrected chi connectivity index (χ0v) is 15.8. The lowest BCUT2D eigenvalue weighted by atomic mass is 9.98. The van der Waals surface area contributed by atoms with Gasteiger partial charge in [-0.15, -0.1) is 5.10 Å². The number of aromatic amines is 1. The standard InChI is InChI=1S/C21H20N4O4/c1-2-25(11-18-19(20(26)27)23-24-22-18)21(28)29-12-17-15-9-5-3-7-13(15)14-8-4-6-10-16(14)17/h3-10,17H,2,11-12H2,1H3,(H,26,27)(H,22,23,24). The molecule has 0 spiro atoms. The Morgan fingerprint density at radius 3 is 2.28 bits per heavy atom. The van der Waals surface area contributed by atoms with Crippen molar-refractivity contribution >= 4 is 12.1 Å². The molecule has 4 rings (SSSR count). The SMILES string of the molecule is CCN(Cc1n[nH]nc1C(=O)O)C(=O)OCC1c2ccccc2-c2ccccc21. The van der Waals surface area contributed by atoms with Crippen LogP contribution in [0.15, 0.2) is 48.5 Å². The third-order valence-corrected chi connectivity index (χ3v) is 5.14. The zero-order chi connectivity index (χ0) is 20.4. The van der Waals surface area contributed by atoms with Crippen LogP contribution in [0.25, 0.3) is 11.1 Å². The molecule has 0 aliphatic heterocycles. The normalized spacial score (nSPS) is 12.3. The first-order valence-corrected chi connectivity index (χ1v) is 9.33. The van der Waals surface area contributed by atoms with Crippen LogP contribution >= 0.6 is 0 Å². The molecule has 0 saturated carbocycles. The quantitative estimate of drug-likeness (QED) is 0.666. The lowest BCUT2D eigenvalue weighted by Gasteiger charge is -2.21. The molecule has 29 heavy (non-hydrogen) atoms. The van der Waals surface area contributed by atoms with Crippen molar-refractivity contribution in [2.45, 2.75) is 19.4 Å². The van der Waals surface area contributed by atoms with Crippen LogP contribution in [0.3, 0.4) is 0 Å². The zero-order valence-electron chi connectivity index (χ0n) is 15.8. The Labute approximate surface area is 167 Å². The predicted molar refractivity (Wildman–Crippen MR) is 104 cm³/mol. The molecule has 2 aromatic carbocycles. The lowest BCUT2D eigenvalue weighted by Crippen LogP contribution is -2.32. The smallest absolute Gasteiger partial charge is 0.410 e. The Bertz CT molecular complexity index is 1020. The third-order valence-electron chi connectivity index (χ3n) is 5.14. The van der Waals surface area contributed by atoms with Crippen molar-refractivity contribution in [2.75, 3.05) is 13.2 Å². The fraction of sp³-hybridized carbons (Fsp3) is 0.238. The Balaban J connectivity index is 1.49. The number of hydrogen-bond donors (Lipinski definition) is 2. The first-order valence-electron chi connectivity index (χ1n) is 9.33. The fourth-order valence-corrected chi connectivity index (χ4v) is 3.71. The summed E-state index contributed by atoms with van der Waals surface area (Å²) in [6.45, 7) is 2.35. The van der Waals surface area contributed by atoms with Gasteiger partial charge in [0.1, 0.15) is 12.3 Å². The number of nitrogens with one attached hydrogen (secondary N) is 1. The number of aromatic nitrogens is 3. The van der Waals surface area contributed by atoms with Crippen LogP contribution in [0, 0.1) is 0 Å². The maximum Gasteiger partial charge on any atom is 0.410 e. The van der Waals surface area contributed by atoms with Crippen LogP contribution in [-0.4, -0.2) is 50.6 Å². The minimum absolute atomic E-state index is 0.00527. The molecule has 0 saturated heterocycles. The molecule has 3 aromatic rings. The summed E-state index contributed by atoms with van der Waals surface area (Å²) in [6, 6.07) is 16.2. The molecule has 0 atom stereocenters. The first-order chi connectivity index (χ1) is 14.1. The molecular weight excluding hydrogens is 372 g/mol. The van der Waals surface area contributed by atoms with Crippen LogP contribution in [0.1, 0.15) is 40.2 Å². The Kier molecular flexibility index (Phi) is 4.99. The van der Waals surface area contributed by atoms with Crippen molar-refractivity contribution < 1.29 is 19.4 Å². The number of carboxylic acids is 1. The van der Waals surface area contributed by atoms with Crippen LogP contribution < -0.4 is 0 Å². The fourth-order valence-electron chi connectivity index (χ4n) is 3.71. The van der Waals surface area contributed by atoms with Gasteiger partial charge in [-0.2, -0.15) is 10.3 Å². The summed E-state index contributed by atoms with van der Waals surface area (Å²) in [4.78, 5) is 25.3. The molecule has 8 heteroatoms. The third kappa shape index (κ3) is 3.44. The van der Waals surface area contributed by atoms with Crippen molar-refractivity contribution in [3.05, 3.63) is 71.0 Å². The highest BCUT2D eigenvalue weighted by molar-refractivity contribution is 5.86. The number of ether oxygens (including phenoxy) is 1. The van der Waals surface area contributed by atoms with Gasteiger partial charge in [-0.3, -0.25) is 0 Å². The number of amides is 1.